The van der Waals surface area contributed by atoms with Crippen LogP contribution in [0, 0.1) is 0 Å². The van der Waals surface area contributed by atoms with Crippen molar-refractivity contribution in [3.8, 4) is 0 Å². The SMILES string of the molecule is CNC(=O)C1CCCN1N(C)C. The van der Waals surface area contributed by atoms with Crippen molar-refractivity contribution in [3.63, 3.8) is 0 Å². The van der Waals surface area contributed by atoms with E-state index in [-0.39, 0.29) is 11.9 Å². The highest BCUT2D eigenvalue weighted by Crippen LogP contribution is 2.17. The molecule has 1 heterocycles. The Hall–Kier alpha value is -0.610. The van der Waals surface area contributed by atoms with Crippen molar-refractivity contribution in [3.05, 3.63) is 0 Å². The molecule has 0 spiro atoms. The highest BCUT2D eigenvalue weighted by Gasteiger charge is 2.30. The first kappa shape index (κ1) is 9.48. The lowest BCUT2D eigenvalue weighted by atomic mass is 10.2. The molecule has 12 heavy (non-hydrogen) atoms. The van der Waals surface area contributed by atoms with Gasteiger partial charge in [0.15, 0.2) is 0 Å². The summed E-state index contributed by atoms with van der Waals surface area (Å²) in [7, 11) is 5.64. The van der Waals surface area contributed by atoms with Crippen molar-refractivity contribution in [1.82, 2.24) is 15.3 Å². The van der Waals surface area contributed by atoms with Gasteiger partial charge in [-0.15, -0.1) is 0 Å². The molecule has 0 bridgehead atoms. The smallest absolute Gasteiger partial charge is 0.238 e. The lowest BCUT2D eigenvalue weighted by molar-refractivity contribution is -0.130. The van der Waals surface area contributed by atoms with Crippen LogP contribution in [0.2, 0.25) is 0 Å². The van der Waals surface area contributed by atoms with Gasteiger partial charge in [-0.25, -0.2) is 10.0 Å². The number of likely N-dealkylation sites (N-methyl/N-ethyl adjacent to an activating group) is 1. The van der Waals surface area contributed by atoms with Crippen LogP contribution in [0.25, 0.3) is 0 Å². The molecule has 0 aromatic heterocycles. The molecular formula is C8H17N3O. The minimum Gasteiger partial charge on any atom is -0.358 e. The van der Waals surface area contributed by atoms with E-state index in [9.17, 15) is 4.79 Å². The normalized spacial score (nSPS) is 24.8. The molecule has 1 aliphatic rings. The van der Waals surface area contributed by atoms with E-state index in [2.05, 4.69) is 10.3 Å². The van der Waals surface area contributed by atoms with Crippen molar-refractivity contribution in [1.29, 1.82) is 0 Å². The molecule has 0 aromatic rings. The van der Waals surface area contributed by atoms with Gasteiger partial charge in [0.25, 0.3) is 0 Å². The van der Waals surface area contributed by atoms with Crippen LogP contribution < -0.4 is 5.32 Å². The summed E-state index contributed by atoms with van der Waals surface area (Å²) in [5, 5.41) is 6.77. The topological polar surface area (TPSA) is 35.6 Å². The summed E-state index contributed by atoms with van der Waals surface area (Å²) < 4.78 is 0. The van der Waals surface area contributed by atoms with Gasteiger partial charge in [-0.1, -0.05) is 0 Å². The molecule has 0 aliphatic carbocycles. The Morgan fingerprint density at radius 1 is 1.58 bits per heavy atom. The van der Waals surface area contributed by atoms with E-state index in [0.717, 1.165) is 19.4 Å². The summed E-state index contributed by atoms with van der Waals surface area (Å²) in [5.74, 6) is 0.126. The van der Waals surface area contributed by atoms with Crippen LogP contribution in [0.5, 0.6) is 0 Å². The molecule has 1 saturated heterocycles. The van der Waals surface area contributed by atoms with Gasteiger partial charge in [-0.05, 0) is 12.8 Å². The standard InChI is InChI=1S/C8H17N3O/c1-9-8(12)7-5-4-6-11(7)10(2)3/h7H,4-6H2,1-3H3,(H,9,12). The average molecular weight is 171 g/mol. The van der Waals surface area contributed by atoms with E-state index >= 15 is 0 Å². The van der Waals surface area contributed by atoms with Crippen molar-refractivity contribution in [2.75, 3.05) is 27.7 Å². The first-order valence-corrected chi connectivity index (χ1v) is 4.32. The number of rotatable bonds is 2. The summed E-state index contributed by atoms with van der Waals surface area (Å²) in [6, 6.07) is 0.0463. The Labute approximate surface area is 73.5 Å². The van der Waals surface area contributed by atoms with Gasteiger partial charge in [0.1, 0.15) is 6.04 Å². The van der Waals surface area contributed by atoms with Crippen molar-refractivity contribution in [2.24, 2.45) is 0 Å². The minimum atomic E-state index is 0.0463. The first-order chi connectivity index (χ1) is 5.66. The highest BCUT2D eigenvalue weighted by molar-refractivity contribution is 5.81. The lowest BCUT2D eigenvalue weighted by Crippen LogP contribution is -2.47. The molecule has 70 valence electrons. The number of hydrazine groups is 1. The zero-order valence-corrected chi connectivity index (χ0v) is 8.00. The fraction of sp³-hybridized carbons (Fsp3) is 0.875. The summed E-state index contributed by atoms with van der Waals surface area (Å²) in [4.78, 5) is 11.3. The second-order valence-electron chi connectivity index (χ2n) is 3.28. The second-order valence-corrected chi connectivity index (χ2v) is 3.28. The Morgan fingerprint density at radius 3 is 2.75 bits per heavy atom. The van der Waals surface area contributed by atoms with Crippen LogP contribution in [-0.4, -0.2) is 49.7 Å². The Morgan fingerprint density at radius 2 is 2.25 bits per heavy atom. The number of hydrogen-bond acceptors (Lipinski definition) is 3. The van der Waals surface area contributed by atoms with Gasteiger partial charge < -0.3 is 5.32 Å². The molecular weight excluding hydrogens is 154 g/mol. The zero-order valence-electron chi connectivity index (χ0n) is 8.00. The van der Waals surface area contributed by atoms with Crippen molar-refractivity contribution >= 4 is 5.91 Å². The van der Waals surface area contributed by atoms with E-state index < -0.39 is 0 Å². The predicted octanol–water partition coefficient (Wildman–Crippen LogP) is -0.327. The molecule has 1 aliphatic heterocycles. The molecule has 1 amide bonds. The third kappa shape index (κ3) is 1.76. The highest BCUT2D eigenvalue weighted by atomic mass is 16.2. The van der Waals surface area contributed by atoms with E-state index in [1.54, 1.807) is 7.05 Å². The number of nitrogens with zero attached hydrogens (tertiary/aromatic N) is 2. The predicted molar refractivity (Wildman–Crippen MR) is 47.5 cm³/mol. The molecule has 1 N–H and O–H groups in total. The number of carbonyl (C=O) groups excluding carboxylic acids is 1. The number of nitrogens with one attached hydrogen (secondary N) is 1. The van der Waals surface area contributed by atoms with Crippen molar-refractivity contribution in [2.45, 2.75) is 18.9 Å². The number of hydrogen-bond donors (Lipinski definition) is 1. The number of carbonyl (C=O) groups is 1. The van der Waals surface area contributed by atoms with Gasteiger partial charge in [-0.3, -0.25) is 4.79 Å². The minimum absolute atomic E-state index is 0.0463. The fourth-order valence-electron chi connectivity index (χ4n) is 1.66. The molecule has 1 fully saturated rings. The van der Waals surface area contributed by atoms with Gasteiger partial charge >= 0.3 is 0 Å². The van der Waals surface area contributed by atoms with Gasteiger partial charge in [0, 0.05) is 27.7 Å². The molecule has 1 atom stereocenters. The average Bonchev–Trinajstić information content (AvgIpc) is 2.50. The van der Waals surface area contributed by atoms with Crippen LogP contribution in [0.4, 0.5) is 0 Å². The monoisotopic (exact) mass is 171 g/mol. The molecule has 1 unspecified atom stereocenters. The maximum absolute atomic E-state index is 11.3. The van der Waals surface area contributed by atoms with Crippen LogP contribution in [0.3, 0.4) is 0 Å². The largest absolute Gasteiger partial charge is 0.358 e. The lowest BCUT2D eigenvalue weighted by Gasteiger charge is -2.29. The summed E-state index contributed by atoms with van der Waals surface area (Å²) in [5.41, 5.74) is 0. The molecule has 0 radical (unpaired) electrons. The summed E-state index contributed by atoms with van der Waals surface area (Å²) in [6.45, 7) is 0.991. The second kappa shape index (κ2) is 3.87. The molecule has 0 aromatic carbocycles. The van der Waals surface area contributed by atoms with Crippen LogP contribution in [0.15, 0.2) is 0 Å². The van der Waals surface area contributed by atoms with Crippen molar-refractivity contribution < 1.29 is 4.79 Å². The van der Waals surface area contributed by atoms with E-state index in [4.69, 9.17) is 0 Å². The molecule has 0 saturated carbocycles. The van der Waals surface area contributed by atoms with Gasteiger partial charge in [0.05, 0.1) is 0 Å². The van der Waals surface area contributed by atoms with E-state index in [1.807, 2.05) is 19.1 Å². The molecule has 4 heteroatoms. The Kier molecular flexibility index (Phi) is 3.05. The van der Waals surface area contributed by atoms with Crippen LogP contribution in [0.1, 0.15) is 12.8 Å². The zero-order chi connectivity index (χ0) is 9.14. The maximum Gasteiger partial charge on any atom is 0.238 e. The summed E-state index contributed by atoms with van der Waals surface area (Å²) >= 11 is 0. The maximum atomic E-state index is 11.3. The van der Waals surface area contributed by atoms with Crippen LogP contribution >= 0.6 is 0 Å². The van der Waals surface area contributed by atoms with E-state index in [0.29, 0.717) is 0 Å². The first-order valence-electron chi connectivity index (χ1n) is 4.32. The van der Waals surface area contributed by atoms with E-state index in [1.165, 1.54) is 0 Å². The Bertz CT molecular complexity index is 170. The molecule has 4 nitrogen and oxygen atoms in total. The molecule has 1 rings (SSSR count). The van der Waals surface area contributed by atoms with Gasteiger partial charge in [0.2, 0.25) is 5.91 Å². The third-order valence-corrected chi connectivity index (χ3v) is 2.29. The fourth-order valence-corrected chi connectivity index (χ4v) is 1.66. The van der Waals surface area contributed by atoms with Gasteiger partial charge in [-0.2, -0.15) is 0 Å². The quantitative estimate of drug-likeness (QED) is 0.618. The number of amides is 1. The van der Waals surface area contributed by atoms with Crippen LogP contribution in [-0.2, 0) is 4.79 Å². The summed E-state index contributed by atoms with van der Waals surface area (Å²) in [6.07, 6.45) is 2.08. The Balaban J connectivity index is 2.57. The third-order valence-electron chi connectivity index (χ3n) is 2.29.